The molecule has 7 N–H and O–H groups in total. The summed E-state index contributed by atoms with van der Waals surface area (Å²) in [5.41, 5.74) is 4.27. The number of nitrogens with two attached hydrogens (primary N) is 1. The maximum Gasteiger partial charge on any atom is 0.351 e. The number of hydrogen-bond donors (Lipinski definition) is 6. The second-order valence-electron chi connectivity index (χ2n) is 6.79. The van der Waals surface area contributed by atoms with Gasteiger partial charge in [-0.05, 0) is 6.07 Å². The van der Waals surface area contributed by atoms with Crippen LogP contribution in [0.4, 0.5) is 5.82 Å². The first-order valence-corrected chi connectivity index (χ1v) is 9.26. The first-order valence-electron chi connectivity index (χ1n) is 9.26. The van der Waals surface area contributed by atoms with Gasteiger partial charge in [0, 0.05) is 6.20 Å². The van der Waals surface area contributed by atoms with Gasteiger partial charge >= 0.3 is 23.6 Å². The molecule has 1 amide bonds. The number of nitrogens with zero attached hydrogens (tertiary/aromatic N) is 2. The molecule has 5 atom stereocenters. The van der Waals surface area contributed by atoms with Crippen LogP contribution in [0.15, 0.2) is 17.1 Å². The maximum atomic E-state index is 12.4. The van der Waals surface area contributed by atoms with Gasteiger partial charge in [-0.15, -0.1) is 0 Å². The number of aromatic nitrogens is 2. The molecular formula is C17H22N4O11. The zero-order valence-electron chi connectivity index (χ0n) is 16.5. The lowest BCUT2D eigenvalue weighted by molar-refractivity contribution is -0.160. The van der Waals surface area contributed by atoms with Crippen LogP contribution >= 0.6 is 0 Å². The maximum absolute atomic E-state index is 12.4. The second-order valence-corrected chi connectivity index (χ2v) is 6.79. The van der Waals surface area contributed by atoms with Crippen LogP contribution in [0.5, 0.6) is 0 Å². The molecule has 1 aromatic rings. The van der Waals surface area contributed by atoms with E-state index in [1.807, 2.05) is 0 Å². The summed E-state index contributed by atoms with van der Waals surface area (Å²) in [6, 6.07) is -0.285. The van der Waals surface area contributed by atoms with Crippen molar-refractivity contribution in [1.82, 2.24) is 9.55 Å². The molecular weight excluding hydrogens is 436 g/mol. The van der Waals surface area contributed by atoms with Gasteiger partial charge in [-0.25, -0.2) is 4.79 Å². The quantitative estimate of drug-likeness (QED) is 0.192. The summed E-state index contributed by atoms with van der Waals surface area (Å²) >= 11 is 0. The average Bonchev–Trinajstić information content (AvgIpc) is 3.01. The standard InChI is InChI=1S/C17H22N4O11/c18-7(16(28)29)5-10(23)19-9-3-4-21(17(30)20-9)15-14(13(27)8(6-22)31-15)32-12(26)2-1-11(24)25/h3-4,7-8,13-15,22,27H,1-2,5-6,18H2,(H,24,25)(H,28,29)(H,19,20,23,30). The lowest BCUT2D eigenvalue weighted by Gasteiger charge is -2.22. The topological polar surface area (TPSA) is 241 Å². The van der Waals surface area contributed by atoms with E-state index in [1.54, 1.807) is 0 Å². The van der Waals surface area contributed by atoms with Gasteiger partial charge in [-0.2, -0.15) is 4.98 Å². The number of rotatable bonds is 10. The molecule has 2 rings (SSSR count). The fourth-order valence-corrected chi connectivity index (χ4v) is 2.80. The van der Waals surface area contributed by atoms with Gasteiger partial charge in [0.05, 0.1) is 25.9 Å². The molecule has 0 aromatic carbocycles. The Bertz CT molecular complexity index is 933. The minimum Gasteiger partial charge on any atom is -0.481 e. The van der Waals surface area contributed by atoms with Gasteiger partial charge in [0.25, 0.3) is 0 Å². The number of amides is 1. The zero-order valence-corrected chi connectivity index (χ0v) is 16.5. The fraction of sp³-hybridized carbons (Fsp3) is 0.529. The number of nitrogens with one attached hydrogen (secondary N) is 1. The van der Waals surface area contributed by atoms with E-state index in [0.29, 0.717) is 0 Å². The third-order valence-corrected chi connectivity index (χ3v) is 4.40. The molecule has 1 fully saturated rings. The molecule has 15 heteroatoms. The molecule has 32 heavy (non-hydrogen) atoms. The summed E-state index contributed by atoms with van der Waals surface area (Å²) in [5.74, 6) is -4.62. The third kappa shape index (κ3) is 6.30. The Morgan fingerprint density at radius 1 is 1.28 bits per heavy atom. The van der Waals surface area contributed by atoms with Crippen molar-refractivity contribution in [2.75, 3.05) is 11.9 Å². The van der Waals surface area contributed by atoms with Gasteiger partial charge in [0.15, 0.2) is 12.3 Å². The molecule has 0 radical (unpaired) electrons. The Morgan fingerprint density at radius 3 is 2.53 bits per heavy atom. The summed E-state index contributed by atoms with van der Waals surface area (Å²) in [6.45, 7) is -0.666. The van der Waals surface area contributed by atoms with E-state index in [0.717, 1.165) is 16.8 Å². The van der Waals surface area contributed by atoms with E-state index < -0.39 is 86.0 Å². The Hall–Kier alpha value is -3.40. The number of esters is 1. The van der Waals surface area contributed by atoms with E-state index in [4.69, 9.17) is 25.4 Å². The van der Waals surface area contributed by atoms with Crippen LogP contribution in [0.1, 0.15) is 25.5 Å². The predicted molar refractivity (Wildman–Crippen MR) is 101 cm³/mol. The molecule has 1 aliphatic rings. The van der Waals surface area contributed by atoms with Gasteiger partial charge in [-0.3, -0.25) is 23.7 Å². The van der Waals surface area contributed by atoms with Crippen molar-refractivity contribution < 1.29 is 49.1 Å². The normalized spacial score (nSPS) is 23.3. The van der Waals surface area contributed by atoms with Crippen molar-refractivity contribution in [2.24, 2.45) is 5.73 Å². The van der Waals surface area contributed by atoms with Crippen LogP contribution in [0.25, 0.3) is 0 Å². The summed E-state index contributed by atoms with van der Waals surface area (Å²) in [7, 11) is 0. The number of carboxylic acid groups (broad SMARTS) is 2. The van der Waals surface area contributed by atoms with E-state index in [1.165, 1.54) is 0 Å². The Kier molecular flexibility index (Phi) is 8.36. The molecule has 0 bridgehead atoms. The third-order valence-electron chi connectivity index (χ3n) is 4.40. The Balaban J connectivity index is 2.17. The van der Waals surface area contributed by atoms with Crippen molar-refractivity contribution in [3.8, 4) is 0 Å². The van der Waals surface area contributed by atoms with Crippen LogP contribution in [0.2, 0.25) is 0 Å². The van der Waals surface area contributed by atoms with Crippen molar-refractivity contribution >= 4 is 29.6 Å². The number of carbonyl (C=O) groups excluding carboxylic acids is 2. The van der Waals surface area contributed by atoms with E-state index in [2.05, 4.69) is 10.3 Å². The second kappa shape index (κ2) is 10.8. The van der Waals surface area contributed by atoms with Gasteiger partial charge < -0.3 is 41.0 Å². The smallest absolute Gasteiger partial charge is 0.351 e. The largest absolute Gasteiger partial charge is 0.481 e. The molecule has 2 heterocycles. The van der Waals surface area contributed by atoms with Crippen molar-refractivity contribution in [1.29, 1.82) is 0 Å². The molecule has 176 valence electrons. The molecule has 1 saturated heterocycles. The number of ether oxygens (including phenoxy) is 2. The molecule has 5 unspecified atom stereocenters. The van der Waals surface area contributed by atoms with Crippen LogP contribution in [0.3, 0.4) is 0 Å². The molecule has 0 spiro atoms. The summed E-state index contributed by atoms with van der Waals surface area (Å²) in [6.07, 6.45) is -6.06. The molecule has 1 aromatic heterocycles. The summed E-state index contributed by atoms with van der Waals surface area (Å²) in [5, 5.41) is 39.2. The summed E-state index contributed by atoms with van der Waals surface area (Å²) in [4.78, 5) is 61.0. The molecule has 0 aliphatic carbocycles. The molecule has 15 nitrogen and oxygen atoms in total. The minimum absolute atomic E-state index is 0.221. The predicted octanol–water partition coefficient (Wildman–Crippen LogP) is -2.99. The number of aliphatic carboxylic acids is 2. The molecule has 0 saturated carbocycles. The number of anilines is 1. The summed E-state index contributed by atoms with van der Waals surface area (Å²) < 4.78 is 11.3. The Morgan fingerprint density at radius 2 is 1.97 bits per heavy atom. The van der Waals surface area contributed by atoms with E-state index >= 15 is 0 Å². The van der Waals surface area contributed by atoms with Crippen LogP contribution < -0.4 is 16.7 Å². The molecule has 1 aliphatic heterocycles. The van der Waals surface area contributed by atoms with Gasteiger partial charge in [0.2, 0.25) is 5.91 Å². The van der Waals surface area contributed by atoms with Crippen LogP contribution in [-0.4, -0.2) is 84.8 Å². The minimum atomic E-state index is -1.53. The van der Waals surface area contributed by atoms with E-state index in [-0.39, 0.29) is 5.82 Å². The number of carboxylic acids is 2. The van der Waals surface area contributed by atoms with E-state index in [9.17, 15) is 34.2 Å². The van der Waals surface area contributed by atoms with Crippen molar-refractivity contribution in [3.63, 3.8) is 0 Å². The average molecular weight is 458 g/mol. The highest BCUT2D eigenvalue weighted by Gasteiger charge is 2.47. The highest BCUT2D eigenvalue weighted by Crippen LogP contribution is 2.31. The highest BCUT2D eigenvalue weighted by molar-refractivity contribution is 5.93. The first-order chi connectivity index (χ1) is 15.0. The monoisotopic (exact) mass is 458 g/mol. The fourth-order valence-electron chi connectivity index (χ4n) is 2.80. The first kappa shape index (κ1) is 24.9. The van der Waals surface area contributed by atoms with Gasteiger partial charge in [-0.1, -0.05) is 0 Å². The van der Waals surface area contributed by atoms with Gasteiger partial charge in [0.1, 0.15) is 24.1 Å². The van der Waals surface area contributed by atoms with Crippen molar-refractivity contribution in [3.05, 3.63) is 22.7 Å². The number of aliphatic hydroxyl groups excluding tert-OH is 2. The van der Waals surface area contributed by atoms with Crippen LogP contribution in [0, 0.1) is 0 Å². The lowest BCUT2D eigenvalue weighted by Crippen LogP contribution is -2.39. The Labute approximate surface area is 179 Å². The zero-order chi connectivity index (χ0) is 24.0. The lowest BCUT2D eigenvalue weighted by atomic mass is 10.1. The number of hydrogen-bond acceptors (Lipinski definition) is 11. The number of carbonyl (C=O) groups is 4. The highest BCUT2D eigenvalue weighted by atomic mass is 16.6. The SMILES string of the molecule is NC(CC(=O)Nc1ccn(C2OC(CO)C(O)C2OC(=O)CCC(=O)O)c(=O)n1)C(=O)O. The van der Waals surface area contributed by atoms with Crippen LogP contribution in [-0.2, 0) is 28.7 Å². The van der Waals surface area contributed by atoms with Crippen molar-refractivity contribution in [2.45, 2.75) is 49.8 Å². The number of aliphatic hydroxyl groups is 2.